The van der Waals surface area contributed by atoms with Crippen LogP contribution < -0.4 is 0 Å². The zero-order valence-corrected chi connectivity index (χ0v) is 10.8. The molecular weight excluding hydrogens is 212 g/mol. The SMILES string of the molecule is COC1CC2CCC1C1C(CC3CC3)COC21. The molecule has 1 aliphatic heterocycles. The number of ether oxygens (including phenoxy) is 2. The van der Waals surface area contributed by atoms with E-state index in [0.29, 0.717) is 12.2 Å². The van der Waals surface area contributed by atoms with Crippen LogP contribution in [0.4, 0.5) is 0 Å². The normalized spacial score (nSPS) is 52.8. The van der Waals surface area contributed by atoms with Gasteiger partial charge >= 0.3 is 0 Å². The number of hydrogen-bond acceptors (Lipinski definition) is 2. The lowest BCUT2D eigenvalue weighted by molar-refractivity contribution is -0.117. The summed E-state index contributed by atoms with van der Waals surface area (Å²) in [6.07, 6.45) is 9.60. The molecule has 0 aromatic carbocycles. The molecule has 5 aliphatic rings. The van der Waals surface area contributed by atoms with Crippen LogP contribution in [0.25, 0.3) is 0 Å². The number of hydrogen-bond donors (Lipinski definition) is 0. The molecule has 2 nitrogen and oxygen atoms in total. The molecule has 1 saturated heterocycles. The Balaban J connectivity index is 1.55. The van der Waals surface area contributed by atoms with E-state index in [4.69, 9.17) is 9.47 Å². The smallest absolute Gasteiger partial charge is 0.0639 e. The van der Waals surface area contributed by atoms with Crippen molar-refractivity contribution in [2.24, 2.45) is 29.6 Å². The maximum absolute atomic E-state index is 6.17. The van der Waals surface area contributed by atoms with Crippen molar-refractivity contribution in [1.29, 1.82) is 0 Å². The molecule has 0 aromatic heterocycles. The van der Waals surface area contributed by atoms with Gasteiger partial charge in [-0.2, -0.15) is 0 Å². The summed E-state index contributed by atoms with van der Waals surface area (Å²) in [5.41, 5.74) is 0. The van der Waals surface area contributed by atoms with E-state index in [1.807, 2.05) is 7.11 Å². The Hall–Kier alpha value is -0.0800. The first-order chi connectivity index (χ1) is 8.36. The Morgan fingerprint density at radius 3 is 2.82 bits per heavy atom. The molecule has 0 radical (unpaired) electrons. The molecule has 0 aromatic rings. The van der Waals surface area contributed by atoms with Gasteiger partial charge in [0.15, 0.2) is 0 Å². The number of rotatable bonds is 3. The van der Waals surface area contributed by atoms with Gasteiger partial charge in [-0.15, -0.1) is 0 Å². The van der Waals surface area contributed by atoms with Gasteiger partial charge in [0, 0.05) is 7.11 Å². The average molecular weight is 236 g/mol. The minimum atomic E-state index is 0.540. The van der Waals surface area contributed by atoms with Gasteiger partial charge in [0.25, 0.3) is 0 Å². The van der Waals surface area contributed by atoms with Crippen molar-refractivity contribution in [2.45, 2.75) is 50.7 Å². The molecule has 0 N–H and O–H groups in total. The van der Waals surface area contributed by atoms with Crippen LogP contribution in [0.15, 0.2) is 0 Å². The molecule has 6 atom stereocenters. The second-order valence-corrected chi connectivity index (χ2v) is 6.83. The van der Waals surface area contributed by atoms with Crippen molar-refractivity contribution in [2.75, 3.05) is 13.7 Å². The standard InChI is InChI=1S/C15H24O2/c1-16-13-7-10-4-5-12(13)14-11(6-9-2-3-9)8-17-15(10)14/h9-15H,2-8H2,1H3. The van der Waals surface area contributed by atoms with Crippen LogP contribution in [-0.2, 0) is 9.47 Å². The van der Waals surface area contributed by atoms with E-state index < -0.39 is 0 Å². The lowest BCUT2D eigenvalue weighted by atomic mass is 9.58. The summed E-state index contributed by atoms with van der Waals surface area (Å²) < 4.78 is 11.9. The maximum Gasteiger partial charge on any atom is 0.0639 e. The summed E-state index contributed by atoms with van der Waals surface area (Å²) in [5.74, 6) is 4.36. The molecule has 1 heterocycles. The molecular formula is C15H24O2. The van der Waals surface area contributed by atoms with Crippen molar-refractivity contribution in [3.63, 3.8) is 0 Å². The van der Waals surface area contributed by atoms with Crippen molar-refractivity contribution < 1.29 is 9.47 Å². The van der Waals surface area contributed by atoms with E-state index in [9.17, 15) is 0 Å². The predicted octanol–water partition coefficient (Wildman–Crippen LogP) is 2.86. The van der Waals surface area contributed by atoms with Gasteiger partial charge in [0.1, 0.15) is 0 Å². The summed E-state index contributed by atoms with van der Waals surface area (Å²) in [5, 5.41) is 0. The molecule has 4 aliphatic carbocycles. The second kappa shape index (κ2) is 3.96. The third-order valence-electron chi connectivity index (χ3n) is 5.90. The molecule has 5 fully saturated rings. The number of methoxy groups -OCH3 is 1. The van der Waals surface area contributed by atoms with Crippen LogP contribution >= 0.6 is 0 Å². The fourth-order valence-electron chi connectivity index (χ4n) is 4.97. The molecule has 2 bridgehead atoms. The zero-order valence-electron chi connectivity index (χ0n) is 10.8. The van der Waals surface area contributed by atoms with E-state index in [-0.39, 0.29) is 0 Å². The molecule has 5 rings (SSSR count). The van der Waals surface area contributed by atoms with Gasteiger partial charge in [-0.1, -0.05) is 12.8 Å². The van der Waals surface area contributed by atoms with Crippen LogP contribution in [0.3, 0.4) is 0 Å². The molecule has 17 heavy (non-hydrogen) atoms. The Morgan fingerprint density at radius 1 is 1.18 bits per heavy atom. The Bertz CT molecular complexity index is 299. The molecule has 96 valence electrons. The average Bonchev–Trinajstić information content (AvgIpc) is 3.08. The van der Waals surface area contributed by atoms with E-state index in [2.05, 4.69) is 0 Å². The second-order valence-electron chi connectivity index (χ2n) is 6.83. The highest BCUT2D eigenvalue weighted by atomic mass is 16.5. The van der Waals surface area contributed by atoms with Crippen molar-refractivity contribution in [3.8, 4) is 0 Å². The van der Waals surface area contributed by atoms with Gasteiger partial charge in [-0.05, 0) is 55.3 Å². The lowest BCUT2D eigenvalue weighted by Crippen LogP contribution is -2.51. The van der Waals surface area contributed by atoms with Gasteiger partial charge in [-0.25, -0.2) is 0 Å². The van der Waals surface area contributed by atoms with Gasteiger partial charge in [-0.3, -0.25) is 0 Å². The summed E-state index contributed by atoms with van der Waals surface area (Å²) in [6.45, 7) is 1.05. The minimum Gasteiger partial charge on any atom is -0.381 e. The highest BCUT2D eigenvalue weighted by Gasteiger charge is 2.55. The summed E-state index contributed by atoms with van der Waals surface area (Å²) in [4.78, 5) is 0. The molecule has 4 saturated carbocycles. The largest absolute Gasteiger partial charge is 0.381 e. The molecule has 2 heteroatoms. The monoisotopic (exact) mass is 236 g/mol. The number of fused-ring (bicyclic) bond motifs is 2. The van der Waals surface area contributed by atoms with Crippen LogP contribution in [0.2, 0.25) is 0 Å². The highest BCUT2D eigenvalue weighted by Crippen LogP contribution is 2.55. The van der Waals surface area contributed by atoms with Crippen molar-refractivity contribution in [3.05, 3.63) is 0 Å². The fraction of sp³-hybridized carbons (Fsp3) is 1.00. The molecule has 6 unspecified atom stereocenters. The Labute approximate surface area is 104 Å². The van der Waals surface area contributed by atoms with Gasteiger partial charge in [0.2, 0.25) is 0 Å². The van der Waals surface area contributed by atoms with E-state index in [0.717, 1.165) is 36.2 Å². The Kier molecular flexibility index (Phi) is 2.52. The first-order valence-electron chi connectivity index (χ1n) is 7.51. The quantitative estimate of drug-likeness (QED) is 0.750. The van der Waals surface area contributed by atoms with Crippen LogP contribution in [0, 0.1) is 29.6 Å². The lowest BCUT2D eigenvalue weighted by Gasteiger charge is -2.50. The summed E-state index contributed by atoms with van der Waals surface area (Å²) in [7, 11) is 1.91. The van der Waals surface area contributed by atoms with Crippen molar-refractivity contribution in [1.82, 2.24) is 0 Å². The van der Waals surface area contributed by atoms with E-state index >= 15 is 0 Å². The van der Waals surface area contributed by atoms with Crippen LogP contribution in [0.1, 0.15) is 38.5 Å². The summed E-state index contributed by atoms with van der Waals surface area (Å²) >= 11 is 0. The first kappa shape index (κ1) is 10.8. The predicted molar refractivity (Wildman–Crippen MR) is 65.7 cm³/mol. The molecule has 0 amide bonds. The van der Waals surface area contributed by atoms with Crippen LogP contribution in [-0.4, -0.2) is 25.9 Å². The van der Waals surface area contributed by atoms with Gasteiger partial charge in [0.05, 0.1) is 18.8 Å². The zero-order chi connectivity index (χ0) is 11.4. The third-order valence-corrected chi connectivity index (χ3v) is 5.90. The highest BCUT2D eigenvalue weighted by molar-refractivity contribution is 5.04. The molecule has 0 spiro atoms. The van der Waals surface area contributed by atoms with E-state index in [1.165, 1.54) is 38.5 Å². The maximum atomic E-state index is 6.17. The minimum absolute atomic E-state index is 0.540. The van der Waals surface area contributed by atoms with Gasteiger partial charge < -0.3 is 9.47 Å². The van der Waals surface area contributed by atoms with E-state index in [1.54, 1.807) is 0 Å². The van der Waals surface area contributed by atoms with Crippen LogP contribution in [0.5, 0.6) is 0 Å². The topological polar surface area (TPSA) is 18.5 Å². The first-order valence-corrected chi connectivity index (χ1v) is 7.51. The van der Waals surface area contributed by atoms with Crippen molar-refractivity contribution >= 4 is 0 Å². The third kappa shape index (κ3) is 1.67. The fourth-order valence-corrected chi connectivity index (χ4v) is 4.97. The summed E-state index contributed by atoms with van der Waals surface area (Å²) in [6, 6.07) is 0. The Morgan fingerprint density at radius 2 is 2.06 bits per heavy atom.